The molecule has 2 aromatic carbocycles. The number of ether oxygens (including phenoxy) is 1. The van der Waals surface area contributed by atoms with Gasteiger partial charge in [-0.05, 0) is 73.6 Å². The number of carbonyl (C=O) groups is 1. The van der Waals surface area contributed by atoms with Gasteiger partial charge in [0.1, 0.15) is 5.75 Å². The second kappa shape index (κ2) is 9.08. The summed E-state index contributed by atoms with van der Waals surface area (Å²) in [5, 5.41) is 3.06. The van der Waals surface area contributed by atoms with Crippen LogP contribution in [0, 0.1) is 0 Å². The molecule has 0 heterocycles. The molecular formula is C23H30N2O4S. The van der Waals surface area contributed by atoms with Crippen molar-refractivity contribution in [2.45, 2.75) is 51.7 Å². The number of anilines is 1. The Morgan fingerprint density at radius 2 is 1.80 bits per heavy atom. The number of hydrogen-bond donors (Lipinski definition) is 1. The second-order valence-electron chi connectivity index (χ2n) is 7.85. The molecule has 0 spiro atoms. The van der Waals surface area contributed by atoms with Crippen molar-refractivity contribution in [2.75, 3.05) is 17.6 Å². The minimum atomic E-state index is -3.33. The predicted octanol–water partition coefficient (Wildman–Crippen LogP) is 3.61. The molecule has 30 heavy (non-hydrogen) atoms. The highest BCUT2D eigenvalue weighted by Gasteiger charge is 2.22. The number of carbonyl (C=O) groups excluding carboxylic acids is 1. The van der Waals surface area contributed by atoms with Crippen LogP contribution in [-0.2, 0) is 27.7 Å². The molecule has 0 aromatic heterocycles. The lowest BCUT2D eigenvalue weighted by Gasteiger charge is -2.22. The highest BCUT2D eigenvalue weighted by Crippen LogP contribution is 2.26. The highest BCUT2D eigenvalue weighted by molar-refractivity contribution is 7.92. The van der Waals surface area contributed by atoms with Crippen LogP contribution >= 0.6 is 0 Å². The first-order valence-corrected chi connectivity index (χ1v) is 12.2. The summed E-state index contributed by atoms with van der Waals surface area (Å²) in [6.45, 7) is 3.88. The molecule has 6 nitrogen and oxygen atoms in total. The Morgan fingerprint density at radius 1 is 1.13 bits per heavy atom. The molecule has 3 rings (SSSR count). The van der Waals surface area contributed by atoms with E-state index in [1.54, 1.807) is 24.3 Å². The standard InChI is InChI=1S/C23H30N2O4S/c1-5-22(29-21-13-11-20(12-14-21)25(3)30(4,27)28)23(26)24-16(2)18-10-9-17-7-6-8-19(17)15-18/h9-16,22H,5-8H2,1-4H3,(H,24,26)/t16-,22+/m0/s1. The van der Waals surface area contributed by atoms with E-state index >= 15 is 0 Å². The summed E-state index contributed by atoms with van der Waals surface area (Å²) in [6, 6.07) is 13.0. The summed E-state index contributed by atoms with van der Waals surface area (Å²) in [7, 11) is -1.83. The van der Waals surface area contributed by atoms with Gasteiger partial charge in [-0.3, -0.25) is 9.10 Å². The van der Waals surface area contributed by atoms with Crippen LogP contribution in [0.1, 0.15) is 49.4 Å². The first kappa shape index (κ1) is 22.2. The summed E-state index contributed by atoms with van der Waals surface area (Å²) >= 11 is 0. The molecule has 0 saturated heterocycles. The normalized spacial score (nSPS) is 15.2. The van der Waals surface area contributed by atoms with Gasteiger partial charge in [-0.1, -0.05) is 25.1 Å². The summed E-state index contributed by atoms with van der Waals surface area (Å²) in [5.41, 5.74) is 4.44. The van der Waals surface area contributed by atoms with Crippen molar-refractivity contribution >= 4 is 21.6 Å². The van der Waals surface area contributed by atoms with E-state index in [9.17, 15) is 13.2 Å². The van der Waals surface area contributed by atoms with Crippen molar-refractivity contribution in [3.05, 3.63) is 59.2 Å². The molecule has 1 aliphatic rings. The zero-order valence-electron chi connectivity index (χ0n) is 18.0. The fourth-order valence-electron chi connectivity index (χ4n) is 3.66. The number of benzene rings is 2. The third-order valence-corrected chi connectivity index (χ3v) is 6.83. The number of rotatable bonds is 8. The summed E-state index contributed by atoms with van der Waals surface area (Å²) in [4.78, 5) is 12.8. The lowest BCUT2D eigenvalue weighted by Crippen LogP contribution is -2.39. The Hall–Kier alpha value is -2.54. The summed E-state index contributed by atoms with van der Waals surface area (Å²) in [6.07, 6.45) is 4.49. The van der Waals surface area contributed by atoms with Crippen LogP contribution < -0.4 is 14.4 Å². The number of nitrogens with one attached hydrogen (secondary N) is 1. The van der Waals surface area contributed by atoms with Crippen molar-refractivity contribution < 1.29 is 17.9 Å². The van der Waals surface area contributed by atoms with E-state index in [4.69, 9.17) is 4.74 Å². The van der Waals surface area contributed by atoms with Crippen LogP contribution in [0.4, 0.5) is 5.69 Å². The largest absolute Gasteiger partial charge is 0.481 e. The fraction of sp³-hybridized carbons (Fsp3) is 0.435. The van der Waals surface area contributed by atoms with Crippen LogP contribution in [0.5, 0.6) is 5.75 Å². The van der Waals surface area contributed by atoms with E-state index < -0.39 is 16.1 Å². The van der Waals surface area contributed by atoms with Crippen molar-refractivity contribution in [2.24, 2.45) is 0 Å². The minimum absolute atomic E-state index is 0.105. The van der Waals surface area contributed by atoms with Gasteiger partial charge < -0.3 is 10.1 Å². The number of sulfonamides is 1. The van der Waals surface area contributed by atoms with Crippen molar-refractivity contribution in [1.82, 2.24) is 5.32 Å². The lowest BCUT2D eigenvalue weighted by atomic mass is 10.0. The third kappa shape index (κ3) is 5.14. The zero-order valence-corrected chi connectivity index (χ0v) is 18.8. The molecule has 2 atom stereocenters. The van der Waals surface area contributed by atoms with E-state index in [0.29, 0.717) is 17.9 Å². The van der Waals surface area contributed by atoms with Gasteiger partial charge in [0.15, 0.2) is 6.10 Å². The van der Waals surface area contributed by atoms with E-state index in [1.165, 1.54) is 28.9 Å². The maximum Gasteiger partial charge on any atom is 0.261 e. The van der Waals surface area contributed by atoms with Crippen LogP contribution in [0.3, 0.4) is 0 Å². The van der Waals surface area contributed by atoms with Crippen LogP contribution in [0.2, 0.25) is 0 Å². The molecule has 0 unspecified atom stereocenters. The maximum absolute atomic E-state index is 12.8. The Morgan fingerprint density at radius 3 is 2.43 bits per heavy atom. The lowest BCUT2D eigenvalue weighted by molar-refractivity contribution is -0.128. The average molecular weight is 431 g/mol. The van der Waals surface area contributed by atoms with Gasteiger partial charge in [0.25, 0.3) is 5.91 Å². The predicted molar refractivity (Wildman–Crippen MR) is 119 cm³/mol. The third-order valence-electron chi connectivity index (χ3n) is 5.62. The van der Waals surface area contributed by atoms with E-state index in [1.807, 2.05) is 13.8 Å². The number of fused-ring (bicyclic) bond motifs is 1. The van der Waals surface area contributed by atoms with E-state index in [2.05, 4.69) is 23.5 Å². The Bertz CT molecular complexity index is 1000. The van der Waals surface area contributed by atoms with Crippen LogP contribution in [0.15, 0.2) is 42.5 Å². The molecule has 7 heteroatoms. The topological polar surface area (TPSA) is 75.7 Å². The molecular weight excluding hydrogens is 400 g/mol. The maximum atomic E-state index is 12.8. The zero-order chi connectivity index (χ0) is 21.9. The van der Waals surface area contributed by atoms with Gasteiger partial charge >= 0.3 is 0 Å². The van der Waals surface area contributed by atoms with Gasteiger partial charge in [-0.15, -0.1) is 0 Å². The van der Waals surface area contributed by atoms with E-state index in [0.717, 1.165) is 24.7 Å². The Balaban J connectivity index is 1.63. The molecule has 162 valence electrons. The molecule has 0 bridgehead atoms. The van der Waals surface area contributed by atoms with Gasteiger partial charge in [0, 0.05) is 7.05 Å². The molecule has 0 saturated carbocycles. The summed E-state index contributed by atoms with van der Waals surface area (Å²) in [5.74, 6) is 0.357. The number of aryl methyl sites for hydroxylation is 2. The Kier molecular flexibility index (Phi) is 6.71. The molecule has 0 aliphatic heterocycles. The monoisotopic (exact) mass is 430 g/mol. The van der Waals surface area contributed by atoms with Gasteiger partial charge in [0.05, 0.1) is 18.0 Å². The molecule has 0 radical (unpaired) electrons. The van der Waals surface area contributed by atoms with Crippen LogP contribution in [0.25, 0.3) is 0 Å². The second-order valence-corrected chi connectivity index (χ2v) is 9.86. The Labute approximate surface area is 179 Å². The number of amides is 1. The van der Waals surface area contributed by atoms with Crippen molar-refractivity contribution in [3.8, 4) is 5.75 Å². The van der Waals surface area contributed by atoms with Crippen LogP contribution in [-0.4, -0.2) is 33.7 Å². The number of nitrogens with zero attached hydrogens (tertiary/aromatic N) is 1. The first-order valence-electron chi connectivity index (χ1n) is 10.3. The highest BCUT2D eigenvalue weighted by atomic mass is 32.2. The summed E-state index contributed by atoms with van der Waals surface area (Å²) < 4.78 is 30.4. The SMILES string of the molecule is CC[C@@H](Oc1ccc(N(C)S(C)(=O)=O)cc1)C(=O)N[C@@H](C)c1ccc2c(c1)CCC2. The van der Waals surface area contributed by atoms with Gasteiger partial charge in [-0.25, -0.2) is 8.42 Å². The van der Waals surface area contributed by atoms with Gasteiger partial charge in [0.2, 0.25) is 10.0 Å². The average Bonchev–Trinajstić information content (AvgIpc) is 3.19. The smallest absolute Gasteiger partial charge is 0.261 e. The fourth-order valence-corrected chi connectivity index (χ4v) is 4.17. The van der Waals surface area contributed by atoms with E-state index in [-0.39, 0.29) is 11.9 Å². The van der Waals surface area contributed by atoms with Crippen molar-refractivity contribution in [1.29, 1.82) is 0 Å². The quantitative estimate of drug-likeness (QED) is 0.694. The van der Waals surface area contributed by atoms with Crippen molar-refractivity contribution in [3.63, 3.8) is 0 Å². The number of hydrogen-bond acceptors (Lipinski definition) is 4. The minimum Gasteiger partial charge on any atom is -0.481 e. The molecule has 1 amide bonds. The molecule has 1 N–H and O–H groups in total. The first-order chi connectivity index (χ1) is 14.2. The molecule has 0 fully saturated rings. The van der Waals surface area contributed by atoms with Gasteiger partial charge in [-0.2, -0.15) is 0 Å². The molecule has 2 aromatic rings. The molecule has 1 aliphatic carbocycles.